The van der Waals surface area contributed by atoms with Gasteiger partial charge in [-0.3, -0.25) is 4.79 Å². The van der Waals surface area contributed by atoms with Crippen LogP contribution >= 0.6 is 0 Å². The van der Waals surface area contributed by atoms with Gasteiger partial charge in [0.25, 0.3) is 5.91 Å². The molecule has 0 saturated heterocycles. The van der Waals surface area contributed by atoms with Gasteiger partial charge in [0, 0.05) is 6.42 Å². The largest absolute Gasteiger partial charge is 0.270 e. The second kappa shape index (κ2) is 4.59. The topological polar surface area (TPSA) is 40.4 Å². The average molecular weight is 116 g/mol. The summed E-state index contributed by atoms with van der Waals surface area (Å²) in [7, 11) is 0. The van der Waals surface area contributed by atoms with Crippen molar-refractivity contribution < 1.29 is 9.63 Å². The highest BCUT2D eigenvalue weighted by Gasteiger charge is 1.95. The third kappa shape index (κ3) is 3.61. The van der Waals surface area contributed by atoms with Gasteiger partial charge in [-0.2, -0.15) is 0 Å². The SMILES string of the molecule is CCO[N]C(=O)CC. The molecule has 1 radical (unpaired) electrons. The molecule has 0 unspecified atom stereocenters. The van der Waals surface area contributed by atoms with E-state index in [0.717, 1.165) is 0 Å². The molecule has 0 saturated carbocycles. The van der Waals surface area contributed by atoms with Crippen molar-refractivity contribution in [2.45, 2.75) is 20.3 Å². The van der Waals surface area contributed by atoms with Gasteiger partial charge < -0.3 is 0 Å². The zero-order chi connectivity index (χ0) is 6.41. The summed E-state index contributed by atoms with van der Waals surface area (Å²) in [6.45, 7) is 3.99. The van der Waals surface area contributed by atoms with E-state index in [4.69, 9.17) is 0 Å². The minimum atomic E-state index is -0.202. The Kier molecular flexibility index (Phi) is 4.26. The molecule has 8 heavy (non-hydrogen) atoms. The van der Waals surface area contributed by atoms with Crippen LogP contribution in [0.2, 0.25) is 0 Å². The molecular weight excluding hydrogens is 106 g/mol. The molecule has 0 heterocycles. The lowest BCUT2D eigenvalue weighted by molar-refractivity contribution is -0.133. The van der Waals surface area contributed by atoms with E-state index in [-0.39, 0.29) is 5.91 Å². The standard InChI is InChI=1S/C5H10NO2/c1-3-5(7)6-8-4-2/h3-4H2,1-2H3. The number of hydrogen-bond donors (Lipinski definition) is 0. The Hall–Kier alpha value is -0.570. The molecule has 3 nitrogen and oxygen atoms in total. The van der Waals surface area contributed by atoms with Gasteiger partial charge in [0.1, 0.15) is 0 Å². The Morgan fingerprint density at radius 2 is 2.25 bits per heavy atom. The minimum absolute atomic E-state index is 0.202. The zero-order valence-electron chi connectivity index (χ0n) is 5.18. The summed E-state index contributed by atoms with van der Waals surface area (Å²) in [6.07, 6.45) is 0.417. The van der Waals surface area contributed by atoms with Crippen LogP contribution in [0.15, 0.2) is 0 Å². The summed E-state index contributed by atoms with van der Waals surface area (Å²) in [5.41, 5.74) is 3.22. The van der Waals surface area contributed by atoms with Crippen LogP contribution in [-0.4, -0.2) is 12.5 Å². The van der Waals surface area contributed by atoms with Crippen LogP contribution in [0.25, 0.3) is 0 Å². The predicted molar refractivity (Wildman–Crippen MR) is 29.1 cm³/mol. The predicted octanol–water partition coefficient (Wildman–Crippen LogP) is 0.479. The molecule has 0 aliphatic rings. The first-order valence-electron chi connectivity index (χ1n) is 2.67. The molecule has 0 spiro atoms. The summed E-state index contributed by atoms with van der Waals surface area (Å²) < 4.78 is 0. The van der Waals surface area contributed by atoms with Crippen LogP contribution in [-0.2, 0) is 9.63 Å². The Balaban J connectivity index is 2.99. The molecule has 3 heteroatoms. The first-order chi connectivity index (χ1) is 3.81. The molecule has 0 atom stereocenters. The third-order valence-corrected chi connectivity index (χ3v) is 0.598. The first-order valence-corrected chi connectivity index (χ1v) is 2.67. The van der Waals surface area contributed by atoms with Crippen molar-refractivity contribution in [3.8, 4) is 0 Å². The maximum absolute atomic E-state index is 10.3. The monoisotopic (exact) mass is 116 g/mol. The summed E-state index contributed by atoms with van der Waals surface area (Å²) in [5, 5.41) is 0. The number of hydrogen-bond acceptors (Lipinski definition) is 2. The lowest BCUT2D eigenvalue weighted by Crippen LogP contribution is -2.14. The molecule has 0 aromatic heterocycles. The highest BCUT2D eigenvalue weighted by atomic mass is 16.6. The molecule has 0 aromatic rings. The van der Waals surface area contributed by atoms with Crippen LogP contribution in [0, 0.1) is 0 Å². The van der Waals surface area contributed by atoms with Gasteiger partial charge >= 0.3 is 0 Å². The fourth-order valence-electron chi connectivity index (χ4n) is 0.201. The van der Waals surface area contributed by atoms with Crippen molar-refractivity contribution >= 4 is 5.91 Å². The number of nitrogens with zero attached hydrogens (tertiary/aromatic N) is 1. The van der Waals surface area contributed by atoms with E-state index in [2.05, 4.69) is 10.3 Å². The van der Waals surface area contributed by atoms with Crippen LogP contribution in [0.1, 0.15) is 20.3 Å². The lowest BCUT2D eigenvalue weighted by atomic mass is 10.5. The van der Waals surface area contributed by atoms with E-state index in [1.807, 2.05) is 0 Å². The smallest absolute Gasteiger partial charge is 0.269 e. The highest BCUT2D eigenvalue weighted by molar-refractivity contribution is 5.73. The van der Waals surface area contributed by atoms with Crippen LogP contribution in [0.4, 0.5) is 0 Å². The van der Waals surface area contributed by atoms with Gasteiger partial charge in [0.15, 0.2) is 0 Å². The van der Waals surface area contributed by atoms with E-state index in [0.29, 0.717) is 13.0 Å². The number of carbonyl (C=O) groups is 1. The molecule has 1 amide bonds. The fraction of sp³-hybridized carbons (Fsp3) is 0.800. The van der Waals surface area contributed by atoms with Gasteiger partial charge in [-0.25, -0.2) is 4.84 Å². The van der Waals surface area contributed by atoms with Crippen molar-refractivity contribution in [1.29, 1.82) is 0 Å². The second-order valence-electron chi connectivity index (χ2n) is 1.26. The van der Waals surface area contributed by atoms with Gasteiger partial charge in [-0.05, 0) is 6.92 Å². The highest BCUT2D eigenvalue weighted by Crippen LogP contribution is 1.76. The quantitative estimate of drug-likeness (QED) is 0.503. The first kappa shape index (κ1) is 7.43. The molecular formula is C5H10NO2. The molecule has 0 rings (SSSR count). The fourth-order valence-corrected chi connectivity index (χ4v) is 0.201. The normalized spacial score (nSPS) is 8.75. The Labute approximate surface area is 49.0 Å². The molecule has 0 fully saturated rings. The van der Waals surface area contributed by atoms with Gasteiger partial charge in [-0.15, -0.1) is 0 Å². The number of carbonyl (C=O) groups excluding carboxylic acids is 1. The van der Waals surface area contributed by atoms with E-state index >= 15 is 0 Å². The molecule has 0 N–H and O–H groups in total. The second-order valence-corrected chi connectivity index (χ2v) is 1.26. The molecule has 0 aliphatic heterocycles. The summed E-state index contributed by atoms with van der Waals surface area (Å²) in [5.74, 6) is -0.202. The molecule has 0 aromatic carbocycles. The van der Waals surface area contributed by atoms with Crippen molar-refractivity contribution in [2.24, 2.45) is 0 Å². The molecule has 47 valence electrons. The summed E-state index contributed by atoms with van der Waals surface area (Å²) in [4.78, 5) is 14.7. The number of hydroxylamine groups is 1. The van der Waals surface area contributed by atoms with Crippen LogP contribution in [0.5, 0.6) is 0 Å². The number of rotatable bonds is 3. The minimum Gasteiger partial charge on any atom is -0.270 e. The van der Waals surface area contributed by atoms with E-state index in [1.54, 1.807) is 13.8 Å². The number of amides is 1. The maximum Gasteiger partial charge on any atom is 0.269 e. The van der Waals surface area contributed by atoms with Gasteiger partial charge in [0.05, 0.1) is 6.61 Å². The Morgan fingerprint density at radius 1 is 1.62 bits per heavy atom. The maximum atomic E-state index is 10.3. The molecule has 0 bridgehead atoms. The van der Waals surface area contributed by atoms with Gasteiger partial charge in [-0.1, -0.05) is 12.4 Å². The Bertz CT molecular complexity index is 72.8. The van der Waals surface area contributed by atoms with Gasteiger partial charge in [0.2, 0.25) is 0 Å². The Morgan fingerprint density at radius 3 is 2.62 bits per heavy atom. The van der Waals surface area contributed by atoms with Crippen molar-refractivity contribution in [1.82, 2.24) is 5.48 Å². The van der Waals surface area contributed by atoms with Crippen molar-refractivity contribution in [3.63, 3.8) is 0 Å². The van der Waals surface area contributed by atoms with Crippen LogP contribution in [0.3, 0.4) is 0 Å². The van der Waals surface area contributed by atoms with E-state index in [9.17, 15) is 4.79 Å². The van der Waals surface area contributed by atoms with E-state index < -0.39 is 0 Å². The van der Waals surface area contributed by atoms with Crippen molar-refractivity contribution in [2.75, 3.05) is 6.61 Å². The average Bonchev–Trinajstić information content (AvgIpc) is 1.83. The molecule has 0 aliphatic carbocycles. The van der Waals surface area contributed by atoms with E-state index in [1.165, 1.54) is 0 Å². The zero-order valence-corrected chi connectivity index (χ0v) is 5.18. The summed E-state index contributed by atoms with van der Waals surface area (Å²) >= 11 is 0. The summed E-state index contributed by atoms with van der Waals surface area (Å²) in [6, 6.07) is 0. The lowest BCUT2D eigenvalue weighted by Gasteiger charge is -1.93. The van der Waals surface area contributed by atoms with Crippen LogP contribution < -0.4 is 5.48 Å². The van der Waals surface area contributed by atoms with Crippen molar-refractivity contribution in [3.05, 3.63) is 0 Å². The third-order valence-electron chi connectivity index (χ3n) is 0.598.